The average molecular weight is 559 g/mol. The zero-order chi connectivity index (χ0) is 28.8. The molecule has 1 aliphatic heterocycles. The number of Topliss-reactive ketones (excluding diaryl/α,β-unsaturated/α-hetero) is 1. The molecule has 5 atom stereocenters. The van der Waals surface area contributed by atoms with E-state index < -0.39 is 71.9 Å². The van der Waals surface area contributed by atoms with Gasteiger partial charge in [0.15, 0.2) is 0 Å². The Morgan fingerprint density at radius 3 is 2.53 bits per heavy atom. The van der Waals surface area contributed by atoms with Crippen LogP contribution < -0.4 is 5.73 Å². The Morgan fingerprint density at radius 2 is 1.95 bits per heavy atom. The first kappa shape index (κ1) is 31.9. The minimum atomic E-state index is -4.63. The van der Waals surface area contributed by atoms with Gasteiger partial charge in [0, 0.05) is 35.8 Å². The number of allylic oxidation sites excluding steroid dienone is 2. The van der Waals surface area contributed by atoms with Crippen molar-refractivity contribution in [3.63, 3.8) is 0 Å². The number of halogens is 3. The Hall–Kier alpha value is -2.34. The number of ketones is 1. The number of nitrogens with zero attached hydrogens (tertiary/aromatic N) is 1. The number of nitrogens with two attached hydrogens (primary N) is 1. The highest BCUT2D eigenvalue weighted by molar-refractivity contribution is 7.09. The number of cyclic esters (lactones) is 1. The van der Waals surface area contributed by atoms with E-state index in [-0.39, 0.29) is 13.0 Å². The van der Waals surface area contributed by atoms with E-state index in [1.54, 1.807) is 25.3 Å². The molecule has 38 heavy (non-hydrogen) atoms. The summed E-state index contributed by atoms with van der Waals surface area (Å²) in [5.41, 5.74) is 4.37. The number of aliphatic hydroxyl groups is 2. The first-order valence-corrected chi connectivity index (χ1v) is 13.3. The topological polar surface area (TPSA) is 123 Å². The number of carbonyl (C=O) groups excluding carboxylic acids is 2. The van der Waals surface area contributed by atoms with Crippen LogP contribution in [0.5, 0.6) is 0 Å². The molecule has 4 N–H and O–H groups in total. The standard InChI is InChI=1S/C27H37F3N2O5S/c1-15-7-6-8-18(27(28,29)30)9-10-20(16(2)11-19-14-38-22(13-31)32-19)37-23(34)12-21(33)26(4,5)25(36)17(3)24(15)35/h6-7,9,11,14-15,17,20-21,24,33,35H,8,10,12-13,31H2,1-5H3/t15-,17+,20?,21-,24-/m0/s1. The van der Waals surface area contributed by atoms with Gasteiger partial charge >= 0.3 is 12.1 Å². The van der Waals surface area contributed by atoms with Crippen molar-refractivity contribution in [1.29, 1.82) is 0 Å². The van der Waals surface area contributed by atoms with E-state index in [0.29, 0.717) is 16.3 Å². The fourth-order valence-corrected chi connectivity index (χ4v) is 4.84. The molecule has 1 aromatic rings. The Labute approximate surface area is 225 Å². The Morgan fingerprint density at radius 1 is 1.29 bits per heavy atom. The Balaban J connectivity index is 2.50. The van der Waals surface area contributed by atoms with Crippen LogP contribution in [0.1, 0.15) is 64.6 Å². The largest absolute Gasteiger partial charge is 0.457 e. The molecular weight excluding hydrogens is 521 g/mol. The molecule has 0 amide bonds. The van der Waals surface area contributed by atoms with Crippen LogP contribution in [0.25, 0.3) is 6.08 Å². The van der Waals surface area contributed by atoms with E-state index >= 15 is 0 Å². The number of alkyl halides is 3. The molecule has 0 saturated carbocycles. The number of carbonyl (C=O) groups is 2. The number of rotatable bonds is 3. The third kappa shape index (κ3) is 8.33. The predicted molar refractivity (Wildman–Crippen MR) is 140 cm³/mol. The van der Waals surface area contributed by atoms with E-state index in [1.807, 2.05) is 0 Å². The van der Waals surface area contributed by atoms with Crippen LogP contribution in [0.2, 0.25) is 0 Å². The zero-order valence-electron chi connectivity index (χ0n) is 22.3. The summed E-state index contributed by atoms with van der Waals surface area (Å²) in [4.78, 5) is 30.3. The second-order valence-electron chi connectivity index (χ2n) is 10.3. The van der Waals surface area contributed by atoms with Gasteiger partial charge in [0.2, 0.25) is 0 Å². The highest BCUT2D eigenvalue weighted by Crippen LogP contribution is 2.33. The summed E-state index contributed by atoms with van der Waals surface area (Å²) >= 11 is 1.33. The minimum absolute atomic E-state index is 0.238. The Kier molecular flexibility index (Phi) is 11.0. The molecule has 0 radical (unpaired) electrons. The molecule has 11 heteroatoms. The second kappa shape index (κ2) is 13.1. The number of esters is 1. The fourth-order valence-electron chi connectivity index (χ4n) is 4.21. The number of thiazole rings is 1. The van der Waals surface area contributed by atoms with E-state index in [0.717, 1.165) is 6.08 Å². The summed E-state index contributed by atoms with van der Waals surface area (Å²) in [6.07, 6.45) is -4.23. The van der Waals surface area contributed by atoms with Crippen molar-refractivity contribution in [2.24, 2.45) is 23.0 Å². The molecule has 1 aromatic heterocycles. The predicted octanol–water partition coefficient (Wildman–Crippen LogP) is 4.74. The molecule has 1 aliphatic rings. The van der Waals surface area contributed by atoms with Gasteiger partial charge in [-0.2, -0.15) is 13.2 Å². The van der Waals surface area contributed by atoms with Crippen LogP contribution in [-0.4, -0.2) is 51.4 Å². The van der Waals surface area contributed by atoms with Gasteiger partial charge in [-0.3, -0.25) is 9.59 Å². The second-order valence-corrected chi connectivity index (χ2v) is 11.2. The molecule has 2 heterocycles. The molecule has 0 aromatic carbocycles. The molecule has 0 aliphatic carbocycles. The molecule has 0 saturated heterocycles. The number of hydrogen-bond acceptors (Lipinski definition) is 8. The van der Waals surface area contributed by atoms with E-state index in [2.05, 4.69) is 4.98 Å². The van der Waals surface area contributed by atoms with E-state index in [4.69, 9.17) is 10.5 Å². The maximum atomic E-state index is 13.8. The van der Waals surface area contributed by atoms with Crippen molar-refractivity contribution in [2.45, 2.75) is 84.9 Å². The average Bonchev–Trinajstić information content (AvgIpc) is 3.29. The van der Waals surface area contributed by atoms with Gasteiger partial charge < -0.3 is 20.7 Å². The third-order valence-electron chi connectivity index (χ3n) is 6.91. The van der Waals surface area contributed by atoms with Crippen molar-refractivity contribution in [1.82, 2.24) is 4.98 Å². The van der Waals surface area contributed by atoms with Gasteiger partial charge in [0.05, 0.1) is 29.7 Å². The number of hydrogen-bond donors (Lipinski definition) is 3. The molecule has 0 bridgehead atoms. The van der Waals surface area contributed by atoms with Gasteiger partial charge in [-0.05, 0) is 25.0 Å². The normalized spacial score (nSPS) is 28.7. The van der Waals surface area contributed by atoms with Crippen molar-refractivity contribution in [3.05, 3.63) is 45.5 Å². The SMILES string of the molecule is CC(=Cc1csc(CN)n1)C1CC=C(C(F)(F)F)CC=C[C@H](C)[C@H](O)[C@@H](C)C(=O)C(C)(C)[C@@H](O)CC(=O)O1. The summed E-state index contributed by atoms with van der Waals surface area (Å²) in [7, 11) is 0. The van der Waals surface area contributed by atoms with Gasteiger partial charge in [-0.15, -0.1) is 11.3 Å². The molecule has 7 nitrogen and oxygen atoms in total. The third-order valence-corrected chi connectivity index (χ3v) is 7.80. The van der Waals surface area contributed by atoms with Crippen LogP contribution >= 0.6 is 11.3 Å². The quantitative estimate of drug-likeness (QED) is 0.362. The molecule has 2 rings (SSSR count). The van der Waals surface area contributed by atoms with Crippen LogP contribution in [0.3, 0.4) is 0 Å². The van der Waals surface area contributed by atoms with Gasteiger partial charge in [-0.1, -0.05) is 45.9 Å². The Bertz CT molecular complexity index is 1080. The number of ether oxygens (including phenoxy) is 1. The fraction of sp³-hybridized carbons (Fsp3) is 0.593. The highest BCUT2D eigenvalue weighted by Gasteiger charge is 2.42. The summed E-state index contributed by atoms with van der Waals surface area (Å²) in [5, 5.41) is 23.9. The van der Waals surface area contributed by atoms with Crippen molar-refractivity contribution in [3.8, 4) is 0 Å². The van der Waals surface area contributed by atoms with Crippen molar-refractivity contribution >= 4 is 29.2 Å². The first-order valence-electron chi connectivity index (χ1n) is 12.4. The maximum Gasteiger partial charge on any atom is 0.412 e. The lowest BCUT2D eigenvalue weighted by Gasteiger charge is -2.34. The van der Waals surface area contributed by atoms with Crippen LogP contribution in [0, 0.1) is 17.3 Å². The summed E-state index contributed by atoms with van der Waals surface area (Å²) in [5.74, 6) is -2.90. The number of aliphatic hydroxyl groups excluding tert-OH is 2. The summed E-state index contributed by atoms with van der Waals surface area (Å²) < 4.78 is 46.9. The molecule has 0 fully saturated rings. The summed E-state index contributed by atoms with van der Waals surface area (Å²) in [6, 6.07) is 0. The van der Waals surface area contributed by atoms with Crippen LogP contribution in [0.15, 0.2) is 34.8 Å². The van der Waals surface area contributed by atoms with E-state index in [9.17, 15) is 33.0 Å². The zero-order valence-corrected chi connectivity index (χ0v) is 23.1. The van der Waals surface area contributed by atoms with Crippen LogP contribution in [0.4, 0.5) is 13.2 Å². The van der Waals surface area contributed by atoms with E-state index in [1.165, 1.54) is 44.3 Å². The molecular formula is C27H37F3N2O5S. The molecule has 1 unspecified atom stereocenters. The number of aromatic nitrogens is 1. The maximum absolute atomic E-state index is 13.8. The van der Waals surface area contributed by atoms with Crippen molar-refractivity contribution in [2.75, 3.05) is 0 Å². The van der Waals surface area contributed by atoms with Crippen molar-refractivity contribution < 1.29 is 37.7 Å². The lowest BCUT2D eigenvalue weighted by molar-refractivity contribution is -0.154. The van der Waals surface area contributed by atoms with Gasteiger partial charge in [0.1, 0.15) is 16.9 Å². The lowest BCUT2D eigenvalue weighted by atomic mass is 9.73. The minimum Gasteiger partial charge on any atom is -0.457 e. The van der Waals surface area contributed by atoms with Crippen LogP contribution in [-0.2, 0) is 20.9 Å². The molecule has 0 spiro atoms. The van der Waals surface area contributed by atoms with Gasteiger partial charge in [0.25, 0.3) is 0 Å². The smallest absolute Gasteiger partial charge is 0.412 e. The lowest BCUT2D eigenvalue weighted by Crippen LogP contribution is -2.45. The van der Waals surface area contributed by atoms with Gasteiger partial charge in [-0.25, -0.2) is 4.98 Å². The molecule has 212 valence electrons. The summed E-state index contributed by atoms with van der Waals surface area (Å²) in [6.45, 7) is 7.92. The monoisotopic (exact) mass is 558 g/mol. The highest BCUT2D eigenvalue weighted by atomic mass is 32.1. The first-order chi connectivity index (χ1) is 17.6.